The summed E-state index contributed by atoms with van der Waals surface area (Å²) in [5.41, 5.74) is 0. The lowest BCUT2D eigenvalue weighted by Crippen LogP contribution is -2.54. The van der Waals surface area contributed by atoms with Crippen molar-refractivity contribution in [3.05, 3.63) is 0 Å². The minimum absolute atomic E-state index is 0.0599. The van der Waals surface area contributed by atoms with E-state index in [2.05, 4.69) is 0 Å². The highest BCUT2D eigenvalue weighted by Gasteiger charge is 2.41. The van der Waals surface area contributed by atoms with Crippen molar-refractivity contribution in [1.82, 2.24) is 8.61 Å². The van der Waals surface area contributed by atoms with Gasteiger partial charge in [-0.25, -0.2) is 8.42 Å². The van der Waals surface area contributed by atoms with Crippen LogP contribution in [0.5, 0.6) is 0 Å². The van der Waals surface area contributed by atoms with Gasteiger partial charge >= 0.3 is 0 Å². The summed E-state index contributed by atoms with van der Waals surface area (Å²) in [6, 6.07) is 0. The summed E-state index contributed by atoms with van der Waals surface area (Å²) in [6.45, 7) is 2.05. The molecule has 0 aliphatic carbocycles. The highest BCUT2D eigenvalue weighted by atomic mass is 35.5. The van der Waals surface area contributed by atoms with Crippen LogP contribution >= 0.6 is 23.4 Å². The van der Waals surface area contributed by atoms with Gasteiger partial charge in [-0.05, 0) is 6.42 Å². The van der Waals surface area contributed by atoms with E-state index in [1.165, 1.54) is 30.0 Å². The third kappa shape index (κ3) is 4.23. The Kier molecular flexibility index (Phi) is 7.07. The van der Waals surface area contributed by atoms with Gasteiger partial charge in [-0.2, -0.15) is 28.8 Å². The molecule has 20 heavy (non-hydrogen) atoms. The molecule has 1 fully saturated rings. The Labute approximate surface area is 130 Å². The van der Waals surface area contributed by atoms with Crippen LogP contribution in [0.1, 0.15) is 13.3 Å². The topological polar surface area (TPSA) is 74.8 Å². The first kappa shape index (κ1) is 18.5. The van der Waals surface area contributed by atoms with Crippen molar-refractivity contribution in [1.29, 1.82) is 0 Å². The van der Waals surface area contributed by atoms with Crippen molar-refractivity contribution >= 4 is 43.4 Å². The molecule has 1 heterocycles. The fourth-order valence-corrected chi connectivity index (χ4v) is 7.18. The van der Waals surface area contributed by atoms with E-state index < -0.39 is 25.4 Å². The van der Waals surface area contributed by atoms with Gasteiger partial charge in [-0.1, -0.05) is 6.92 Å². The molecule has 0 bridgehead atoms. The van der Waals surface area contributed by atoms with Crippen LogP contribution in [0.4, 0.5) is 0 Å². The first-order valence-corrected chi connectivity index (χ1v) is 11.2. The summed E-state index contributed by atoms with van der Waals surface area (Å²) in [5.74, 6) is 1.21. The van der Waals surface area contributed by atoms with Crippen molar-refractivity contribution in [3.8, 4) is 0 Å². The number of nitrogens with zero attached hydrogens (tertiary/aromatic N) is 2. The molecule has 1 aliphatic heterocycles. The van der Waals surface area contributed by atoms with Crippen LogP contribution in [0.15, 0.2) is 0 Å². The van der Waals surface area contributed by atoms with E-state index in [9.17, 15) is 16.8 Å². The van der Waals surface area contributed by atoms with E-state index in [4.69, 9.17) is 11.6 Å². The molecule has 0 aromatic rings. The van der Waals surface area contributed by atoms with Crippen LogP contribution in [-0.2, 0) is 20.0 Å². The third-order valence-electron chi connectivity index (χ3n) is 3.15. The monoisotopic (exact) mass is 364 g/mol. The van der Waals surface area contributed by atoms with Gasteiger partial charge in [0.1, 0.15) is 5.37 Å². The second-order valence-electron chi connectivity index (χ2n) is 4.46. The predicted molar refractivity (Wildman–Crippen MR) is 84.2 cm³/mol. The number of halogens is 1. The van der Waals surface area contributed by atoms with Crippen molar-refractivity contribution in [2.24, 2.45) is 0 Å². The Morgan fingerprint density at radius 2 is 2.00 bits per heavy atom. The highest BCUT2D eigenvalue weighted by Crippen LogP contribution is 2.25. The fraction of sp³-hybridized carbons (Fsp3) is 1.00. The Hall–Kier alpha value is 0.460. The van der Waals surface area contributed by atoms with Crippen LogP contribution in [0.25, 0.3) is 0 Å². The highest BCUT2D eigenvalue weighted by molar-refractivity contribution is 8.01. The van der Waals surface area contributed by atoms with Gasteiger partial charge in [-0.15, -0.1) is 11.6 Å². The van der Waals surface area contributed by atoms with Gasteiger partial charge in [0.2, 0.25) is 0 Å². The first-order chi connectivity index (χ1) is 9.27. The quantitative estimate of drug-likeness (QED) is 0.618. The smallest absolute Gasteiger partial charge is 0.227 e. The van der Waals surface area contributed by atoms with E-state index >= 15 is 0 Å². The normalized spacial score (nSPS) is 22.3. The zero-order chi connectivity index (χ0) is 15.4. The molecule has 0 aromatic heterocycles. The minimum Gasteiger partial charge on any atom is -0.227 e. The second-order valence-corrected chi connectivity index (χ2v) is 10.4. The Morgan fingerprint density at radius 1 is 1.35 bits per heavy atom. The number of rotatable bonds is 7. The lowest BCUT2D eigenvalue weighted by atomic mass is 10.5. The Balaban J connectivity index is 3.00. The summed E-state index contributed by atoms with van der Waals surface area (Å²) < 4.78 is 51.5. The molecule has 0 amide bonds. The molecule has 1 saturated heterocycles. The molecule has 6 nitrogen and oxygen atoms in total. The zero-order valence-corrected chi connectivity index (χ0v) is 14.9. The number of thioether (sulfide) groups is 1. The van der Waals surface area contributed by atoms with Gasteiger partial charge in [0.15, 0.2) is 9.84 Å². The Morgan fingerprint density at radius 3 is 2.55 bits per heavy atom. The van der Waals surface area contributed by atoms with Crippen LogP contribution < -0.4 is 0 Å². The van der Waals surface area contributed by atoms with Crippen LogP contribution in [0.3, 0.4) is 0 Å². The average Bonchev–Trinajstić information content (AvgIpc) is 2.44. The summed E-state index contributed by atoms with van der Waals surface area (Å²) in [5, 5.41) is -0.963. The molecule has 1 rings (SSSR count). The lowest BCUT2D eigenvalue weighted by molar-refractivity contribution is 0.354. The second kappa shape index (κ2) is 7.64. The molecule has 1 unspecified atom stereocenters. The molecular formula is C10H21ClN2O4S3. The largest absolute Gasteiger partial charge is 0.282 e. The average molecular weight is 365 g/mol. The van der Waals surface area contributed by atoms with Gasteiger partial charge < -0.3 is 0 Å². The molecule has 1 atom stereocenters. The standard InChI is InChI=1S/C10H21ClN2O4S3/c1-3-19(14,15)10-9-18-8-7-13(10)20(16,17)12(2)6-4-5-11/h10H,3-9H2,1-2H3. The van der Waals surface area contributed by atoms with Crippen molar-refractivity contribution in [2.75, 3.05) is 43.3 Å². The molecule has 120 valence electrons. The maximum Gasteiger partial charge on any atom is 0.282 e. The SMILES string of the molecule is CCS(=O)(=O)C1CSCCN1S(=O)(=O)N(C)CCCCl. The van der Waals surface area contributed by atoms with Gasteiger partial charge in [0.25, 0.3) is 10.2 Å². The summed E-state index contributed by atoms with van der Waals surface area (Å²) >= 11 is 7.04. The van der Waals surface area contributed by atoms with E-state index in [-0.39, 0.29) is 18.8 Å². The minimum atomic E-state index is -3.76. The van der Waals surface area contributed by atoms with Crippen molar-refractivity contribution in [3.63, 3.8) is 0 Å². The van der Waals surface area contributed by atoms with E-state index in [0.717, 1.165) is 4.31 Å². The molecule has 0 N–H and O–H groups in total. The third-order valence-corrected chi connectivity index (χ3v) is 8.84. The molecule has 10 heteroatoms. The number of hydrogen-bond acceptors (Lipinski definition) is 5. The van der Waals surface area contributed by atoms with E-state index in [1.807, 2.05) is 0 Å². The van der Waals surface area contributed by atoms with Crippen molar-refractivity contribution in [2.45, 2.75) is 18.7 Å². The maximum absolute atomic E-state index is 12.5. The van der Waals surface area contributed by atoms with Gasteiger partial charge in [0.05, 0.1) is 0 Å². The van der Waals surface area contributed by atoms with Crippen LogP contribution in [0.2, 0.25) is 0 Å². The fourth-order valence-electron chi connectivity index (χ4n) is 1.88. The van der Waals surface area contributed by atoms with E-state index in [0.29, 0.717) is 23.8 Å². The van der Waals surface area contributed by atoms with Crippen LogP contribution in [-0.4, -0.2) is 74.1 Å². The summed E-state index contributed by atoms with van der Waals surface area (Å²) in [6.07, 6.45) is 0.533. The molecule has 0 saturated carbocycles. The van der Waals surface area contributed by atoms with Gasteiger partial charge in [0, 0.05) is 43.3 Å². The molecular weight excluding hydrogens is 344 g/mol. The summed E-state index contributed by atoms with van der Waals surface area (Å²) in [7, 11) is -5.74. The molecule has 1 aliphatic rings. The number of sulfone groups is 1. The summed E-state index contributed by atoms with van der Waals surface area (Å²) in [4.78, 5) is 0. The zero-order valence-electron chi connectivity index (χ0n) is 11.7. The lowest BCUT2D eigenvalue weighted by Gasteiger charge is -2.36. The van der Waals surface area contributed by atoms with E-state index in [1.54, 1.807) is 0 Å². The molecule has 0 radical (unpaired) electrons. The molecule has 0 spiro atoms. The Bertz CT molecular complexity index is 509. The number of hydrogen-bond donors (Lipinski definition) is 0. The van der Waals surface area contributed by atoms with Crippen LogP contribution in [0, 0.1) is 0 Å². The predicted octanol–water partition coefficient (Wildman–Crippen LogP) is 0.601. The molecule has 0 aromatic carbocycles. The maximum atomic E-state index is 12.5. The van der Waals surface area contributed by atoms with Crippen molar-refractivity contribution < 1.29 is 16.8 Å². The first-order valence-electron chi connectivity index (χ1n) is 6.35. The van der Waals surface area contributed by atoms with Gasteiger partial charge in [-0.3, -0.25) is 0 Å². The number of alkyl halides is 1.